The Morgan fingerprint density at radius 2 is 2.19 bits per heavy atom. The predicted octanol–water partition coefficient (Wildman–Crippen LogP) is 2.07. The summed E-state index contributed by atoms with van der Waals surface area (Å²) in [5.74, 6) is 0.605. The van der Waals surface area contributed by atoms with Gasteiger partial charge in [0.2, 0.25) is 0 Å². The molecule has 16 heavy (non-hydrogen) atoms. The van der Waals surface area contributed by atoms with Crippen LogP contribution in [-0.2, 0) is 6.54 Å². The van der Waals surface area contributed by atoms with Gasteiger partial charge in [-0.25, -0.2) is 9.97 Å². The minimum atomic E-state index is 0.404. The van der Waals surface area contributed by atoms with Gasteiger partial charge in [0.15, 0.2) is 5.82 Å². The first-order valence-corrected chi connectivity index (χ1v) is 5.65. The van der Waals surface area contributed by atoms with E-state index in [1.54, 1.807) is 6.20 Å². The van der Waals surface area contributed by atoms with Gasteiger partial charge in [-0.2, -0.15) is 0 Å². The Labute approximate surface area is 102 Å². The maximum absolute atomic E-state index is 5.58. The predicted molar refractivity (Wildman–Crippen MR) is 65.6 cm³/mol. The van der Waals surface area contributed by atoms with Crippen LogP contribution in [-0.4, -0.2) is 15.0 Å². The zero-order valence-corrected chi connectivity index (χ0v) is 10.4. The molecule has 2 N–H and O–H groups in total. The fourth-order valence-electron chi connectivity index (χ4n) is 1.39. The van der Waals surface area contributed by atoms with Crippen LogP contribution in [0.5, 0.6) is 0 Å². The summed E-state index contributed by atoms with van der Waals surface area (Å²) >= 11 is 3.43. The lowest BCUT2D eigenvalue weighted by atomic mass is 10.3. The number of nitrogens with zero attached hydrogens (tertiary/aromatic N) is 3. The first-order valence-electron chi connectivity index (χ1n) is 4.86. The first-order chi connectivity index (χ1) is 7.70. The average molecular weight is 279 g/mol. The third-order valence-corrected chi connectivity index (χ3v) is 2.73. The summed E-state index contributed by atoms with van der Waals surface area (Å²) in [6, 6.07) is 5.64. The molecule has 82 valence electrons. The highest BCUT2D eigenvalue weighted by Crippen LogP contribution is 2.22. The second-order valence-corrected chi connectivity index (χ2v) is 4.22. The molecule has 0 saturated carbocycles. The number of hydrogen-bond acceptors (Lipinski definition) is 4. The third-order valence-electron chi connectivity index (χ3n) is 2.09. The SMILES string of the molecule is Cc1cc(CN)nc(-c2ncccc2Br)n1. The normalized spacial score (nSPS) is 10.4. The Morgan fingerprint density at radius 1 is 1.38 bits per heavy atom. The largest absolute Gasteiger partial charge is 0.325 e. The minimum Gasteiger partial charge on any atom is -0.325 e. The fraction of sp³-hybridized carbons (Fsp3) is 0.182. The van der Waals surface area contributed by atoms with Gasteiger partial charge in [0, 0.05) is 22.9 Å². The molecule has 0 aliphatic rings. The fourth-order valence-corrected chi connectivity index (χ4v) is 1.83. The summed E-state index contributed by atoms with van der Waals surface area (Å²) in [6.45, 7) is 2.32. The monoisotopic (exact) mass is 278 g/mol. The van der Waals surface area contributed by atoms with E-state index in [2.05, 4.69) is 30.9 Å². The number of pyridine rings is 1. The summed E-state index contributed by atoms with van der Waals surface area (Å²) in [5, 5.41) is 0. The van der Waals surface area contributed by atoms with Crippen molar-refractivity contribution in [1.82, 2.24) is 15.0 Å². The molecule has 0 fully saturated rings. The average Bonchev–Trinajstić information content (AvgIpc) is 2.28. The standard InChI is InChI=1S/C11H11BrN4/c1-7-5-8(6-13)16-11(15-7)10-9(12)3-2-4-14-10/h2-5H,6,13H2,1H3. The number of nitrogens with two attached hydrogens (primary N) is 1. The van der Waals surface area contributed by atoms with Crippen LogP contribution in [0.15, 0.2) is 28.9 Å². The molecule has 2 aromatic heterocycles. The van der Waals surface area contributed by atoms with Crippen LogP contribution in [0.25, 0.3) is 11.5 Å². The number of halogens is 1. The van der Waals surface area contributed by atoms with E-state index >= 15 is 0 Å². The summed E-state index contributed by atoms with van der Waals surface area (Å²) in [6.07, 6.45) is 1.72. The lowest BCUT2D eigenvalue weighted by molar-refractivity contribution is 0.947. The molecule has 2 aromatic rings. The van der Waals surface area contributed by atoms with Gasteiger partial charge in [0.25, 0.3) is 0 Å². The Bertz CT molecular complexity index is 513. The van der Waals surface area contributed by atoms with Crippen LogP contribution in [0.2, 0.25) is 0 Å². The molecule has 2 rings (SSSR count). The van der Waals surface area contributed by atoms with Gasteiger partial charge in [-0.3, -0.25) is 4.98 Å². The molecule has 0 atom stereocenters. The van der Waals surface area contributed by atoms with Crippen LogP contribution < -0.4 is 5.73 Å². The summed E-state index contributed by atoms with van der Waals surface area (Å²) < 4.78 is 0.878. The number of hydrogen-bond donors (Lipinski definition) is 1. The molecule has 0 aliphatic carbocycles. The summed E-state index contributed by atoms with van der Waals surface area (Å²) in [4.78, 5) is 13.0. The zero-order valence-electron chi connectivity index (χ0n) is 8.81. The van der Waals surface area contributed by atoms with E-state index in [0.717, 1.165) is 21.6 Å². The molecular weight excluding hydrogens is 268 g/mol. The van der Waals surface area contributed by atoms with Gasteiger partial charge in [-0.1, -0.05) is 0 Å². The van der Waals surface area contributed by atoms with Crippen molar-refractivity contribution in [3.63, 3.8) is 0 Å². The molecule has 0 spiro atoms. The van der Waals surface area contributed by atoms with E-state index in [-0.39, 0.29) is 0 Å². The van der Waals surface area contributed by atoms with Crippen molar-refractivity contribution in [2.45, 2.75) is 13.5 Å². The maximum atomic E-state index is 5.58. The Hall–Kier alpha value is -1.33. The minimum absolute atomic E-state index is 0.404. The topological polar surface area (TPSA) is 64.7 Å². The van der Waals surface area contributed by atoms with Crippen molar-refractivity contribution in [2.75, 3.05) is 0 Å². The molecule has 0 aliphatic heterocycles. The highest BCUT2D eigenvalue weighted by Gasteiger charge is 2.08. The van der Waals surface area contributed by atoms with E-state index in [9.17, 15) is 0 Å². The highest BCUT2D eigenvalue weighted by atomic mass is 79.9. The van der Waals surface area contributed by atoms with Crippen molar-refractivity contribution in [2.24, 2.45) is 5.73 Å². The maximum Gasteiger partial charge on any atom is 0.179 e. The van der Waals surface area contributed by atoms with Gasteiger partial charge in [0.1, 0.15) is 5.69 Å². The molecule has 5 heteroatoms. The zero-order chi connectivity index (χ0) is 11.5. The van der Waals surface area contributed by atoms with Crippen LogP contribution in [0.1, 0.15) is 11.4 Å². The van der Waals surface area contributed by atoms with E-state index in [4.69, 9.17) is 5.73 Å². The van der Waals surface area contributed by atoms with Gasteiger partial charge in [-0.05, 0) is 41.1 Å². The number of aromatic nitrogens is 3. The van der Waals surface area contributed by atoms with E-state index in [0.29, 0.717) is 12.4 Å². The quantitative estimate of drug-likeness (QED) is 0.914. The molecule has 0 unspecified atom stereocenters. The van der Waals surface area contributed by atoms with Gasteiger partial charge in [0.05, 0.1) is 5.69 Å². The van der Waals surface area contributed by atoms with E-state index < -0.39 is 0 Å². The van der Waals surface area contributed by atoms with Crippen LogP contribution in [0.4, 0.5) is 0 Å². The second-order valence-electron chi connectivity index (χ2n) is 3.36. The molecule has 0 bridgehead atoms. The molecule has 4 nitrogen and oxygen atoms in total. The highest BCUT2D eigenvalue weighted by molar-refractivity contribution is 9.10. The lowest BCUT2D eigenvalue weighted by Crippen LogP contribution is -2.04. The van der Waals surface area contributed by atoms with Crippen molar-refractivity contribution in [3.8, 4) is 11.5 Å². The summed E-state index contributed by atoms with van der Waals surface area (Å²) in [5.41, 5.74) is 8.03. The first kappa shape index (κ1) is 11.2. The number of aryl methyl sites for hydroxylation is 1. The molecular formula is C11H11BrN4. The van der Waals surface area contributed by atoms with Crippen molar-refractivity contribution >= 4 is 15.9 Å². The van der Waals surface area contributed by atoms with Crippen molar-refractivity contribution in [3.05, 3.63) is 40.3 Å². The van der Waals surface area contributed by atoms with Crippen molar-refractivity contribution < 1.29 is 0 Å². The molecule has 0 aromatic carbocycles. The van der Waals surface area contributed by atoms with Gasteiger partial charge in [-0.15, -0.1) is 0 Å². The van der Waals surface area contributed by atoms with Gasteiger partial charge < -0.3 is 5.73 Å². The smallest absolute Gasteiger partial charge is 0.179 e. The van der Waals surface area contributed by atoms with Crippen LogP contribution in [0.3, 0.4) is 0 Å². The van der Waals surface area contributed by atoms with Crippen LogP contribution >= 0.6 is 15.9 Å². The number of rotatable bonds is 2. The molecule has 0 saturated heterocycles. The Morgan fingerprint density at radius 3 is 2.88 bits per heavy atom. The summed E-state index contributed by atoms with van der Waals surface area (Å²) in [7, 11) is 0. The Balaban J connectivity index is 2.56. The lowest BCUT2D eigenvalue weighted by Gasteiger charge is -2.05. The second kappa shape index (κ2) is 4.67. The van der Waals surface area contributed by atoms with E-state index in [1.807, 2.05) is 25.1 Å². The molecule has 0 amide bonds. The molecule has 2 heterocycles. The Kier molecular flexibility index (Phi) is 3.26. The van der Waals surface area contributed by atoms with Gasteiger partial charge >= 0.3 is 0 Å². The molecule has 0 radical (unpaired) electrons. The van der Waals surface area contributed by atoms with E-state index in [1.165, 1.54) is 0 Å². The third kappa shape index (κ3) is 2.25. The van der Waals surface area contributed by atoms with Crippen molar-refractivity contribution in [1.29, 1.82) is 0 Å². The van der Waals surface area contributed by atoms with Crippen LogP contribution in [0, 0.1) is 6.92 Å².